The Kier molecular flexibility index (Phi) is 5.94. The fourth-order valence-electron chi connectivity index (χ4n) is 4.90. The fraction of sp³-hybridized carbons (Fsp3) is 0.440. The van der Waals surface area contributed by atoms with E-state index in [-0.39, 0.29) is 33.7 Å². The summed E-state index contributed by atoms with van der Waals surface area (Å²) in [4.78, 5) is 28.0. The number of carbonyl (C=O) groups is 2. The number of hydrogen-bond donors (Lipinski definition) is 1. The molecule has 9 heteroatoms. The minimum Gasteiger partial charge on any atom is -0.348 e. The van der Waals surface area contributed by atoms with Crippen LogP contribution in [0.3, 0.4) is 0 Å². The largest absolute Gasteiger partial charge is 0.348 e. The Morgan fingerprint density at radius 3 is 2.50 bits per heavy atom. The predicted molar refractivity (Wildman–Crippen MR) is 129 cm³/mol. The Bertz CT molecular complexity index is 1220. The van der Waals surface area contributed by atoms with E-state index in [0.717, 1.165) is 18.4 Å². The number of amides is 2. The van der Waals surface area contributed by atoms with Crippen molar-refractivity contribution in [3.8, 4) is 0 Å². The van der Waals surface area contributed by atoms with Gasteiger partial charge in [-0.05, 0) is 73.9 Å². The summed E-state index contributed by atoms with van der Waals surface area (Å²) in [6.07, 6.45) is 3.46. The lowest BCUT2D eigenvalue weighted by Crippen LogP contribution is -2.51. The van der Waals surface area contributed by atoms with Crippen LogP contribution in [0, 0.1) is 5.41 Å². The van der Waals surface area contributed by atoms with Gasteiger partial charge in [0.25, 0.3) is 5.91 Å². The Labute approximate surface area is 205 Å². The first-order valence-electron chi connectivity index (χ1n) is 11.7. The molecule has 2 aromatic rings. The van der Waals surface area contributed by atoms with Gasteiger partial charge in [-0.15, -0.1) is 0 Å². The molecule has 3 fully saturated rings. The number of benzene rings is 2. The number of sulfonamides is 1. The van der Waals surface area contributed by atoms with Gasteiger partial charge in [-0.25, -0.2) is 8.42 Å². The predicted octanol–water partition coefficient (Wildman–Crippen LogP) is 3.61. The summed E-state index contributed by atoms with van der Waals surface area (Å²) >= 11 is 5.95. The third kappa shape index (κ3) is 4.34. The van der Waals surface area contributed by atoms with Crippen LogP contribution in [0.15, 0.2) is 53.4 Å². The first-order valence-corrected chi connectivity index (χ1v) is 13.5. The monoisotopic (exact) mass is 501 g/mol. The molecule has 2 saturated heterocycles. The molecule has 0 aromatic heterocycles. The van der Waals surface area contributed by atoms with Crippen LogP contribution in [-0.2, 0) is 14.8 Å². The molecule has 0 radical (unpaired) electrons. The van der Waals surface area contributed by atoms with Crippen molar-refractivity contribution in [1.82, 2.24) is 14.5 Å². The Balaban J connectivity index is 1.28. The molecule has 5 rings (SSSR count). The molecule has 0 bridgehead atoms. The highest BCUT2D eigenvalue weighted by Crippen LogP contribution is 2.54. The smallest absolute Gasteiger partial charge is 0.254 e. The molecule has 1 spiro atoms. The summed E-state index contributed by atoms with van der Waals surface area (Å²) in [6, 6.07) is 12.6. The summed E-state index contributed by atoms with van der Waals surface area (Å²) in [5.74, 6) is -0.538. The molecule has 2 amide bonds. The molecule has 2 atom stereocenters. The fourth-order valence-corrected chi connectivity index (χ4v) is 6.73. The number of nitrogens with one attached hydrogen (secondary N) is 1. The second kappa shape index (κ2) is 8.66. The van der Waals surface area contributed by atoms with Crippen LogP contribution in [-0.4, -0.2) is 55.1 Å². The van der Waals surface area contributed by atoms with Crippen molar-refractivity contribution in [2.24, 2.45) is 5.41 Å². The number of carbonyl (C=O) groups excluding carboxylic acids is 2. The summed E-state index contributed by atoms with van der Waals surface area (Å²) < 4.78 is 27.5. The second-order valence-electron chi connectivity index (χ2n) is 9.74. The van der Waals surface area contributed by atoms with Crippen molar-refractivity contribution in [3.05, 3.63) is 64.7 Å². The lowest BCUT2D eigenvalue weighted by Gasteiger charge is -2.38. The van der Waals surface area contributed by atoms with E-state index < -0.39 is 16.1 Å². The SMILES string of the molecule is CC(NC(=O)[C@H]1CCCN1C(=O)c1cccc(S(=O)(=O)N2CC3(CC3)C2)c1)c1ccc(Cl)cc1. The molecule has 1 aliphatic carbocycles. The Morgan fingerprint density at radius 1 is 1.12 bits per heavy atom. The van der Waals surface area contributed by atoms with E-state index in [1.54, 1.807) is 29.2 Å². The molecule has 3 aliphatic rings. The van der Waals surface area contributed by atoms with E-state index in [1.807, 2.05) is 19.1 Å². The van der Waals surface area contributed by atoms with Crippen molar-refractivity contribution < 1.29 is 18.0 Å². The van der Waals surface area contributed by atoms with Crippen LogP contribution < -0.4 is 5.32 Å². The lowest BCUT2D eigenvalue weighted by molar-refractivity contribution is -0.125. The van der Waals surface area contributed by atoms with Gasteiger partial charge in [-0.2, -0.15) is 4.31 Å². The van der Waals surface area contributed by atoms with Crippen molar-refractivity contribution in [2.75, 3.05) is 19.6 Å². The van der Waals surface area contributed by atoms with E-state index in [2.05, 4.69) is 5.32 Å². The molecule has 34 heavy (non-hydrogen) atoms. The summed E-state index contributed by atoms with van der Waals surface area (Å²) in [5, 5.41) is 3.62. The number of nitrogens with zero attached hydrogens (tertiary/aromatic N) is 2. The maximum atomic E-state index is 13.3. The van der Waals surface area contributed by atoms with Gasteiger partial charge >= 0.3 is 0 Å². The zero-order valence-electron chi connectivity index (χ0n) is 19.0. The Morgan fingerprint density at radius 2 is 1.82 bits per heavy atom. The second-order valence-corrected chi connectivity index (χ2v) is 12.1. The molecular weight excluding hydrogens is 474 g/mol. The molecule has 1 unspecified atom stereocenters. The Hall–Kier alpha value is -2.42. The molecule has 2 heterocycles. The highest BCUT2D eigenvalue weighted by molar-refractivity contribution is 7.89. The van der Waals surface area contributed by atoms with Gasteiger partial charge in [0.1, 0.15) is 6.04 Å². The molecule has 1 saturated carbocycles. The van der Waals surface area contributed by atoms with Crippen molar-refractivity contribution >= 4 is 33.4 Å². The van der Waals surface area contributed by atoms with Crippen molar-refractivity contribution in [1.29, 1.82) is 0 Å². The van der Waals surface area contributed by atoms with Crippen molar-refractivity contribution in [3.63, 3.8) is 0 Å². The van der Waals surface area contributed by atoms with Gasteiger partial charge in [0.15, 0.2) is 0 Å². The summed E-state index contributed by atoms with van der Waals surface area (Å²) in [7, 11) is -3.62. The van der Waals surface area contributed by atoms with Gasteiger partial charge in [-0.1, -0.05) is 29.8 Å². The van der Waals surface area contributed by atoms with E-state index in [1.165, 1.54) is 16.4 Å². The quantitative estimate of drug-likeness (QED) is 0.655. The molecule has 180 valence electrons. The maximum Gasteiger partial charge on any atom is 0.254 e. The standard InChI is InChI=1S/C25H28ClN3O4S/c1-17(18-7-9-20(26)10-8-18)27-23(30)22-6-3-13-29(22)24(31)19-4-2-5-21(14-19)34(32,33)28-15-25(16-28)11-12-25/h2,4-5,7-10,14,17,22H,3,6,11-13,15-16H2,1H3,(H,27,30)/t17?,22-/m1/s1. The van der Waals surface area contributed by atoms with E-state index in [0.29, 0.717) is 37.5 Å². The molecule has 7 nitrogen and oxygen atoms in total. The van der Waals surface area contributed by atoms with Gasteiger partial charge in [-0.3, -0.25) is 9.59 Å². The van der Waals surface area contributed by atoms with Gasteiger partial charge in [0.05, 0.1) is 10.9 Å². The number of hydrogen-bond acceptors (Lipinski definition) is 4. The zero-order chi connectivity index (χ0) is 24.1. The normalized spacial score (nSPS) is 22.3. The summed E-state index contributed by atoms with van der Waals surface area (Å²) in [6.45, 7) is 3.47. The summed E-state index contributed by atoms with van der Waals surface area (Å²) in [5.41, 5.74) is 1.42. The van der Waals surface area contributed by atoms with Crippen LogP contribution in [0.4, 0.5) is 0 Å². The average Bonchev–Trinajstić information content (AvgIpc) is 3.47. The molecule has 2 aromatic carbocycles. The zero-order valence-corrected chi connectivity index (χ0v) is 20.6. The highest BCUT2D eigenvalue weighted by atomic mass is 35.5. The number of halogens is 1. The first-order chi connectivity index (χ1) is 16.2. The van der Waals surface area contributed by atoms with E-state index >= 15 is 0 Å². The van der Waals surface area contributed by atoms with Crippen LogP contribution in [0.5, 0.6) is 0 Å². The van der Waals surface area contributed by atoms with Crippen LogP contribution >= 0.6 is 11.6 Å². The van der Waals surface area contributed by atoms with E-state index in [4.69, 9.17) is 11.6 Å². The minimum absolute atomic E-state index is 0.130. The first kappa shape index (κ1) is 23.3. The van der Waals surface area contributed by atoms with Crippen LogP contribution in [0.1, 0.15) is 54.6 Å². The van der Waals surface area contributed by atoms with Gasteiger partial charge in [0, 0.05) is 30.2 Å². The third-order valence-electron chi connectivity index (χ3n) is 7.24. The molecule has 2 aliphatic heterocycles. The number of likely N-dealkylation sites (tertiary alicyclic amines) is 1. The van der Waals surface area contributed by atoms with Crippen LogP contribution in [0.2, 0.25) is 5.02 Å². The van der Waals surface area contributed by atoms with Gasteiger partial charge in [0.2, 0.25) is 15.9 Å². The van der Waals surface area contributed by atoms with Gasteiger partial charge < -0.3 is 10.2 Å². The maximum absolute atomic E-state index is 13.3. The average molecular weight is 502 g/mol. The molecule has 1 N–H and O–H groups in total. The van der Waals surface area contributed by atoms with E-state index in [9.17, 15) is 18.0 Å². The molecular formula is C25H28ClN3O4S. The highest BCUT2D eigenvalue weighted by Gasteiger charge is 2.56. The minimum atomic E-state index is -3.62. The van der Waals surface area contributed by atoms with Crippen LogP contribution in [0.25, 0.3) is 0 Å². The number of rotatable bonds is 6. The third-order valence-corrected chi connectivity index (χ3v) is 9.28. The topological polar surface area (TPSA) is 86.8 Å². The lowest BCUT2D eigenvalue weighted by atomic mass is 10.0. The van der Waals surface area contributed by atoms with Crippen molar-refractivity contribution in [2.45, 2.75) is 49.6 Å².